The number of hydrogen-bond donors (Lipinski definition) is 2. The molecule has 35 heavy (non-hydrogen) atoms. The zero-order valence-electron chi connectivity index (χ0n) is 18.3. The molecule has 12 heteroatoms. The Bertz CT molecular complexity index is 1790. The first kappa shape index (κ1) is 21.0. The lowest BCUT2D eigenvalue weighted by Gasteiger charge is -2.32. The monoisotopic (exact) mass is 480 g/mol. The van der Waals surface area contributed by atoms with Gasteiger partial charge in [0.05, 0.1) is 22.1 Å². The zero-order chi connectivity index (χ0) is 24.6. The minimum Gasteiger partial charge on any atom is -0.477 e. The molecule has 2 N–H and O–H groups in total. The number of aromatic nitrogens is 3. The number of pyridine rings is 1. The fraction of sp³-hybridized carbons (Fsp3) is 0.217. The number of ether oxygens (including phenoxy) is 2. The lowest BCUT2D eigenvalue weighted by atomic mass is 10.1. The van der Waals surface area contributed by atoms with E-state index in [1.54, 1.807) is 16.4 Å². The molecule has 11 nitrogen and oxygen atoms in total. The van der Waals surface area contributed by atoms with Crippen LogP contribution in [0.3, 0.4) is 0 Å². The van der Waals surface area contributed by atoms with Crippen molar-refractivity contribution in [1.29, 1.82) is 0 Å². The normalized spacial score (nSPS) is 14.2. The Labute approximate surface area is 194 Å². The van der Waals surface area contributed by atoms with Crippen LogP contribution in [0.4, 0.5) is 15.8 Å². The van der Waals surface area contributed by atoms with Crippen LogP contribution in [0.2, 0.25) is 0 Å². The lowest BCUT2D eigenvalue weighted by Crippen LogP contribution is -2.38. The molecule has 4 heterocycles. The maximum Gasteiger partial charge on any atom is 0.341 e. The number of aryl methyl sites for hydroxylation is 1. The van der Waals surface area contributed by atoms with Crippen molar-refractivity contribution in [3.63, 3.8) is 0 Å². The predicted molar refractivity (Wildman–Crippen MR) is 123 cm³/mol. The van der Waals surface area contributed by atoms with Crippen molar-refractivity contribution in [1.82, 2.24) is 14.1 Å². The molecule has 0 spiro atoms. The van der Waals surface area contributed by atoms with Gasteiger partial charge in [-0.25, -0.2) is 14.0 Å². The van der Waals surface area contributed by atoms with Gasteiger partial charge in [-0.1, -0.05) is 0 Å². The van der Waals surface area contributed by atoms with Crippen molar-refractivity contribution >= 4 is 39.1 Å². The molecule has 0 fully saturated rings. The Balaban J connectivity index is 1.69. The van der Waals surface area contributed by atoms with Gasteiger partial charge in [-0.2, -0.15) is 0 Å². The number of carboxylic acid groups (broad SMARTS) is 1. The number of H-pyrrole nitrogens is 1. The molecule has 0 atom stereocenters. The standard InChI is InChI=1S/C23H17FN4O7/c1-2-26-8-12(22(31)32)19(29)10-5-13(24)15(7-14(10)26)27-3-4-28-17-11(21(30)25-23(28)33)6-16-20(18(17)27)35-9-34-16/h5-8H,2-4,9H2,1H3,(H,31,32)(H,25,30,33). The largest absolute Gasteiger partial charge is 0.477 e. The number of nitrogens with one attached hydrogen (secondary N) is 1. The van der Waals surface area contributed by atoms with E-state index in [0.717, 1.165) is 6.07 Å². The van der Waals surface area contributed by atoms with Crippen molar-refractivity contribution < 1.29 is 23.8 Å². The number of nitrogens with zero attached hydrogens (tertiary/aromatic N) is 3. The summed E-state index contributed by atoms with van der Waals surface area (Å²) in [6.45, 7) is 2.29. The van der Waals surface area contributed by atoms with Crippen LogP contribution < -0.4 is 31.1 Å². The van der Waals surface area contributed by atoms with Crippen LogP contribution in [0.5, 0.6) is 11.5 Å². The highest BCUT2D eigenvalue weighted by Gasteiger charge is 2.33. The second kappa shape index (κ2) is 7.19. The molecule has 0 radical (unpaired) electrons. The number of anilines is 2. The fourth-order valence-corrected chi connectivity index (χ4v) is 4.83. The summed E-state index contributed by atoms with van der Waals surface area (Å²) >= 11 is 0. The first-order chi connectivity index (χ1) is 16.8. The highest BCUT2D eigenvalue weighted by molar-refractivity contribution is 6.01. The second-order valence-corrected chi connectivity index (χ2v) is 8.20. The van der Waals surface area contributed by atoms with E-state index >= 15 is 4.39 Å². The third-order valence-electron chi connectivity index (χ3n) is 6.42. The summed E-state index contributed by atoms with van der Waals surface area (Å²) < 4.78 is 29.7. The average molecular weight is 480 g/mol. The SMILES string of the molecule is CCn1cc(C(=O)O)c(=O)c2cc(F)c(N3CCn4c(=O)[nH]c(=O)c5cc6c(c3c54)OCO6)cc21. The predicted octanol–water partition coefficient (Wildman–Crippen LogP) is 1.74. The Morgan fingerprint density at radius 2 is 1.94 bits per heavy atom. The van der Waals surface area contributed by atoms with Gasteiger partial charge in [0.2, 0.25) is 12.2 Å². The number of fused-ring (bicyclic) bond motifs is 3. The maximum atomic E-state index is 15.6. The highest BCUT2D eigenvalue weighted by atomic mass is 19.1. The fourth-order valence-electron chi connectivity index (χ4n) is 4.83. The topological polar surface area (TPSA) is 136 Å². The Hall–Kier alpha value is -4.61. The van der Waals surface area contributed by atoms with E-state index in [-0.39, 0.29) is 53.4 Å². The van der Waals surface area contributed by atoms with Crippen LogP contribution >= 0.6 is 0 Å². The molecule has 2 aromatic heterocycles. The Kier molecular flexibility index (Phi) is 4.31. The molecule has 0 amide bonds. The van der Waals surface area contributed by atoms with Gasteiger partial charge in [0.15, 0.2) is 11.5 Å². The van der Waals surface area contributed by atoms with E-state index in [1.165, 1.54) is 22.9 Å². The van der Waals surface area contributed by atoms with Crippen LogP contribution in [0.15, 0.2) is 38.8 Å². The minimum absolute atomic E-state index is 0.0684. The molecule has 0 saturated carbocycles. The van der Waals surface area contributed by atoms with Gasteiger partial charge >= 0.3 is 11.7 Å². The third kappa shape index (κ3) is 2.82. The quantitative estimate of drug-likeness (QED) is 0.453. The van der Waals surface area contributed by atoms with Crippen LogP contribution in [0.1, 0.15) is 17.3 Å². The molecular weight excluding hydrogens is 463 g/mol. The first-order valence-electron chi connectivity index (χ1n) is 10.8. The molecule has 178 valence electrons. The summed E-state index contributed by atoms with van der Waals surface area (Å²) in [4.78, 5) is 53.2. The average Bonchev–Trinajstić information content (AvgIpc) is 3.31. The van der Waals surface area contributed by atoms with Gasteiger partial charge in [-0.15, -0.1) is 0 Å². The van der Waals surface area contributed by atoms with Crippen molar-refractivity contribution in [3.8, 4) is 11.5 Å². The molecule has 2 aliphatic heterocycles. The summed E-state index contributed by atoms with van der Waals surface area (Å²) in [7, 11) is 0. The van der Waals surface area contributed by atoms with E-state index < -0.39 is 34.0 Å². The summed E-state index contributed by atoms with van der Waals surface area (Å²) in [6.07, 6.45) is 1.23. The molecule has 4 aromatic rings. The van der Waals surface area contributed by atoms with Crippen molar-refractivity contribution in [3.05, 3.63) is 66.8 Å². The van der Waals surface area contributed by atoms with Crippen LogP contribution in [-0.2, 0) is 13.1 Å². The summed E-state index contributed by atoms with van der Waals surface area (Å²) in [5.41, 5.74) is -1.45. The third-order valence-corrected chi connectivity index (χ3v) is 6.42. The first-order valence-corrected chi connectivity index (χ1v) is 10.8. The number of benzene rings is 2. The summed E-state index contributed by atoms with van der Waals surface area (Å²) in [6, 6.07) is 3.96. The van der Waals surface area contributed by atoms with Crippen molar-refractivity contribution in [2.24, 2.45) is 0 Å². The second-order valence-electron chi connectivity index (χ2n) is 8.20. The number of rotatable bonds is 3. The van der Waals surface area contributed by atoms with Gasteiger partial charge in [0.25, 0.3) is 5.56 Å². The molecule has 2 aromatic carbocycles. The van der Waals surface area contributed by atoms with Crippen LogP contribution in [-0.4, -0.2) is 38.5 Å². The molecule has 0 unspecified atom stereocenters. The van der Waals surface area contributed by atoms with Crippen LogP contribution in [0.25, 0.3) is 21.8 Å². The highest BCUT2D eigenvalue weighted by Crippen LogP contribution is 2.49. The minimum atomic E-state index is -1.40. The number of aromatic carboxylic acids is 1. The summed E-state index contributed by atoms with van der Waals surface area (Å²) in [5, 5.41) is 9.51. The van der Waals surface area contributed by atoms with Crippen molar-refractivity contribution in [2.75, 3.05) is 18.2 Å². The van der Waals surface area contributed by atoms with Gasteiger partial charge in [-0.05, 0) is 25.1 Å². The van der Waals surface area contributed by atoms with Crippen LogP contribution in [0, 0.1) is 5.82 Å². The molecular formula is C23H17FN4O7. The number of carbonyl (C=O) groups is 1. The van der Waals surface area contributed by atoms with E-state index in [9.17, 15) is 24.3 Å². The Morgan fingerprint density at radius 1 is 1.14 bits per heavy atom. The lowest BCUT2D eigenvalue weighted by molar-refractivity contribution is 0.0695. The number of aromatic amines is 1. The van der Waals surface area contributed by atoms with E-state index in [4.69, 9.17) is 9.47 Å². The molecule has 2 aliphatic rings. The van der Waals surface area contributed by atoms with Gasteiger partial charge in [0, 0.05) is 31.2 Å². The van der Waals surface area contributed by atoms with E-state index in [0.29, 0.717) is 17.7 Å². The van der Waals surface area contributed by atoms with E-state index in [2.05, 4.69) is 4.98 Å². The smallest absolute Gasteiger partial charge is 0.341 e. The number of halogens is 1. The maximum absolute atomic E-state index is 15.6. The Morgan fingerprint density at radius 3 is 2.69 bits per heavy atom. The van der Waals surface area contributed by atoms with Gasteiger partial charge in [0.1, 0.15) is 17.1 Å². The number of hydrogen-bond acceptors (Lipinski definition) is 7. The van der Waals surface area contributed by atoms with Gasteiger partial charge in [-0.3, -0.25) is 19.1 Å². The molecule has 6 rings (SSSR count). The number of carboxylic acids is 1. The molecule has 0 aliphatic carbocycles. The van der Waals surface area contributed by atoms with E-state index in [1.807, 2.05) is 0 Å². The van der Waals surface area contributed by atoms with Gasteiger partial charge < -0.3 is 24.0 Å². The van der Waals surface area contributed by atoms with Crippen molar-refractivity contribution in [2.45, 2.75) is 20.0 Å². The zero-order valence-corrected chi connectivity index (χ0v) is 18.3. The molecule has 0 bridgehead atoms. The summed E-state index contributed by atoms with van der Waals surface area (Å²) in [5.74, 6) is -1.62. The molecule has 0 saturated heterocycles.